The van der Waals surface area contributed by atoms with Crippen molar-refractivity contribution in [3.05, 3.63) is 17.9 Å². The van der Waals surface area contributed by atoms with Crippen LogP contribution in [0.1, 0.15) is 44.2 Å². The van der Waals surface area contributed by atoms with Crippen molar-refractivity contribution in [2.75, 3.05) is 45.9 Å². The fourth-order valence-corrected chi connectivity index (χ4v) is 4.66. The van der Waals surface area contributed by atoms with Crippen LogP contribution in [0.2, 0.25) is 0 Å². The van der Waals surface area contributed by atoms with Gasteiger partial charge in [0.25, 0.3) is 10.0 Å². The van der Waals surface area contributed by atoms with E-state index in [0.717, 1.165) is 19.6 Å². The number of carbonyl (C=O) groups is 2. The Hall–Kier alpha value is -1.91. The number of hydrogen-bond acceptors (Lipinski definition) is 7. The third kappa shape index (κ3) is 6.03. The lowest BCUT2D eigenvalue weighted by molar-refractivity contribution is -0.126. The van der Waals surface area contributed by atoms with Crippen molar-refractivity contribution < 1.29 is 27.2 Å². The first-order chi connectivity index (χ1) is 13.8. The number of furan rings is 1. The van der Waals surface area contributed by atoms with Crippen molar-refractivity contribution in [1.29, 1.82) is 0 Å². The molecule has 1 aromatic heterocycles. The third-order valence-corrected chi connectivity index (χ3v) is 6.87. The fourth-order valence-electron chi connectivity index (χ4n) is 3.28. The molecule has 29 heavy (non-hydrogen) atoms. The molecule has 0 atom stereocenters. The molecule has 10 heteroatoms. The zero-order valence-electron chi connectivity index (χ0n) is 17.3. The summed E-state index contributed by atoms with van der Waals surface area (Å²) >= 11 is 0. The van der Waals surface area contributed by atoms with Crippen molar-refractivity contribution in [3.63, 3.8) is 0 Å². The Morgan fingerprint density at radius 3 is 2.45 bits per heavy atom. The molecule has 1 aromatic rings. The molecule has 0 unspecified atom stereocenters. The van der Waals surface area contributed by atoms with Gasteiger partial charge in [-0.05, 0) is 45.0 Å². The maximum absolute atomic E-state index is 12.7. The number of ether oxygens (including phenoxy) is 1. The molecular formula is C19H31N3O6S. The Labute approximate surface area is 172 Å². The summed E-state index contributed by atoms with van der Waals surface area (Å²) < 4.78 is 36.8. The molecule has 0 aliphatic carbocycles. The molecule has 1 aliphatic rings. The molecule has 1 N–H and O–H groups in total. The number of esters is 1. The molecule has 9 nitrogen and oxygen atoms in total. The second-order valence-corrected chi connectivity index (χ2v) is 8.70. The van der Waals surface area contributed by atoms with Crippen LogP contribution in [0.25, 0.3) is 0 Å². The van der Waals surface area contributed by atoms with E-state index in [1.54, 1.807) is 6.92 Å². The van der Waals surface area contributed by atoms with Gasteiger partial charge in [-0.25, -0.2) is 13.2 Å². The highest BCUT2D eigenvalue weighted by Crippen LogP contribution is 2.25. The summed E-state index contributed by atoms with van der Waals surface area (Å²) in [5.74, 6) is -1.08. The molecule has 0 saturated carbocycles. The average molecular weight is 430 g/mol. The molecule has 1 aliphatic heterocycles. The van der Waals surface area contributed by atoms with Crippen LogP contribution in [-0.2, 0) is 19.6 Å². The number of rotatable bonds is 10. The van der Waals surface area contributed by atoms with Crippen LogP contribution in [0, 0.1) is 5.92 Å². The molecule has 0 radical (unpaired) electrons. The van der Waals surface area contributed by atoms with Crippen LogP contribution >= 0.6 is 0 Å². The van der Waals surface area contributed by atoms with Gasteiger partial charge >= 0.3 is 5.97 Å². The van der Waals surface area contributed by atoms with Crippen molar-refractivity contribution in [2.45, 2.75) is 38.7 Å². The largest absolute Gasteiger partial charge is 0.460 e. The zero-order chi connectivity index (χ0) is 21.4. The van der Waals surface area contributed by atoms with Gasteiger partial charge in [0.2, 0.25) is 16.8 Å². The Bertz CT molecular complexity index is 780. The number of carbonyl (C=O) groups excluding carboxylic acids is 2. The van der Waals surface area contributed by atoms with Crippen LogP contribution in [0.3, 0.4) is 0 Å². The van der Waals surface area contributed by atoms with Crippen LogP contribution in [0.5, 0.6) is 0 Å². The van der Waals surface area contributed by atoms with Gasteiger partial charge in [0.05, 0.1) is 6.61 Å². The van der Waals surface area contributed by atoms with Crippen LogP contribution in [-0.4, -0.2) is 75.4 Å². The van der Waals surface area contributed by atoms with Gasteiger partial charge in [0.1, 0.15) is 0 Å². The Kier molecular flexibility index (Phi) is 8.66. The highest BCUT2D eigenvalue weighted by atomic mass is 32.2. The standard InChI is InChI=1S/C19H31N3O6S/c1-4-21(5-2)14-11-20-18(23)15-9-12-22(13-10-15)29(25,26)17-8-7-16(28-17)19(24)27-6-3/h7-8,15H,4-6,9-14H2,1-3H3,(H,20,23). The average Bonchev–Trinajstić information content (AvgIpc) is 3.23. The summed E-state index contributed by atoms with van der Waals surface area (Å²) in [5, 5.41) is 2.66. The second-order valence-electron chi connectivity index (χ2n) is 6.84. The lowest BCUT2D eigenvalue weighted by Gasteiger charge is -2.30. The molecule has 2 rings (SSSR count). The van der Waals surface area contributed by atoms with Crippen molar-refractivity contribution in [1.82, 2.24) is 14.5 Å². The number of hydrogen-bond donors (Lipinski definition) is 1. The van der Waals surface area contributed by atoms with Gasteiger partial charge in [0.15, 0.2) is 0 Å². The van der Waals surface area contributed by atoms with E-state index in [9.17, 15) is 18.0 Å². The first-order valence-electron chi connectivity index (χ1n) is 10.1. The predicted octanol–water partition coefficient (Wildman–Crippen LogP) is 1.32. The van der Waals surface area contributed by atoms with Gasteiger partial charge in [-0.15, -0.1) is 0 Å². The summed E-state index contributed by atoms with van der Waals surface area (Å²) in [6.07, 6.45) is 0.892. The minimum Gasteiger partial charge on any atom is -0.460 e. The summed E-state index contributed by atoms with van der Waals surface area (Å²) in [6, 6.07) is 2.55. The lowest BCUT2D eigenvalue weighted by atomic mass is 9.97. The molecule has 0 bridgehead atoms. The third-order valence-electron chi connectivity index (χ3n) is 5.10. The number of nitrogens with one attached hydrogen (secondary N) is 1. The van der Waals surface area contributed by atoms with E-state index in [-0.39, 0.29) is 42.4 Å². The molecule has 1 amide bonds. The van der Waals surface area contributed by atoms with Gasteiger partial charge in [-0.2, -0.15) is 4.31 Å². The second kappa shape index (κ2) is 10.7. The number of amides is 1. The zero-order valence-corrected chi connectivity index (χ0v) is 18.2. The van der Waals surface area contributed by atoms with E-state index in [2.05, 4.69) is 24.1 Å². The molecule has 0 aromatic carbocycles. The fraction of sp³-hybridized carbons (Fsp3) is 0.684. The lowest BCUT2D eigenvalue weighted by Crippen LogP contribution is -2.44. The van der Waals surface area contributed by atoms with Gasteiger partial charge < -0.3 is 19.4 Å². The topological polar surface area (TPSA) is 109 Å². The van der Waals surface area contributed by atoms with E-state index < -0.39 is 16.0 Å². The molecule has 1 fully saturated rings. The number of piperidine rings is 1. The van der Waals surface area contributed by atoms with E-state index in [0.29, 0.717) is 19.4 Å². The first-order valence-corrected chi connectivity index (χ1v) is 11.5. The summed E-state index contributed by atoms with van der Waals surface area (Å²) in [4.78, 5) is 26.3. The van der Waals surface area contributed by atoms with Gasteiger partial charge in [-0.1, -0.05) is 13.8 Å². The van der Waals surface area contributed by atoms with Crippen LogP contribution in [0.4, 0.5) is 0 Å². The van der Waals surface area contributed by atoms with Crippen LogP contribution in [0.15, 0.2) is 21.6 Å². The highest BCUT2D eigenvalue weighted by Gasteiger charge is 2.34. The predicted molar refractivity (Wildman–Crippen MR) is 107 cm³/mol. The molecule has 1 saturated heterocycles. The number of likely N-dealkylation sites (N-methyl/N-ethyl adjacent to an activating group) is 1. The Morgan fingerprint density at radius 1 is 1.21 bits per heavy atom. The maximum Gasteiger partial charge on any atom is 0.374 e. The van der Waals surface area contributed by atoms with E-state index >= 15 is 0 Å². The molecule has 164 valence electrons. The smallest absolute Gasteiger partial charge is 0.374 e. The Morgan fingerprint density at radius 2 is 1.86 bits per heavy atom. The molecule has 2 heterocycles. The monoisotopic (exact) mass is 429 g/mol. The van der Waals surface area contributed by atoms with E-state index in [1.165, 1.54) is 16.4 Å². The van der Waals surface area contributed by atoms with Gasteiger partial charge in [0, 0.05) is 32.1 Å². The van der Waals surface area contributed by atoms with Crippen LogP contribution < -0.4 is 5.32 Å². The summed E-state index contributed by atoms with van der Waals surface area (Å²) in [5.41, 5.74) is 0. The van der Waals surface area contributed by atoms with Gasteiger partial charge in [-0.3, -0.25) is 4.79 Å². The maximum atomic E-state index is 12.7. The quantitative estimate of drug-likeness (QED) is 0.559. The van der Waals surface area contributed by atoms with E-state index in [4.69, 9.17) is 9.15 Å². The van der Waals surface area contributed by atoms with Crippen molar-refractivity contribution >= 4 is 21.9 Å². The van der Waals surface area contributed by atoms with E-state index in [1.807, 2.05) is 0 Å². The first kappa shape index (κ1) is 23.4. The number of nitrogens with zero attached hydrogens (tertiary/aromatic N) is 2. The van der Waals surface area contributed by atoms with Crippen molar-refractivity contribution in [2.24, 2.45) is 5.92 Å². The number of sulfonamides is 1. The summed E-state index contributed by atoms with van der Waals surface area (Å²) in [7, 11) is -3.85. The van der Waals surface area contributed by atoms with Crippen molar-refractivity contribution in [3.8, 4) is 0 Å². The highest BCUT2D eigenvalue weighted by molar-refractivity contribution is 7.89. The molecular weight excluding hydrogens is 398 g/mol. The minimum absolute atomic E-state index is 0.0307. The SMILES string of the molecule is CCOC(=O)c1ccc(S(=O)(=O)N2CCC(C(=O)NCCN(CC)CC)CC2)o1. The molecule has 0 spiro atoms. The normalized spacial score (nSPS) is 16.1. The summed E-state index contributed by atoms with van der Waals surface area (Å²) in [6.45, 7) is 9.70. The minimum atomic E-state index is -3.85. The Balaban J connectivity index is 1.88.